The van der Waals surface area contributed by atoms with Crippen molar-refractivity contribution in [3.05, 3.63) is 100 Å². The molecular formula is C28H22N2O3. The van der Waals surface area contributed by atoms with Crippen molar-refractivity contribution in [3.8, 4) is 11.5 Å². The Kier molecular flexibility index (Phi) is 4.61. The molecule has 0 radical (unpaired) electrons. The molecule has 0 spiro atoms. The maximum Gasteiger partial charge on any atom is 0.336 e. The smallest absolute Gasteiger partial charge is 0.336 e. The van der Waals surface area contributed by atoms with Gasteiger partial charge in [0.15, 0.2) is 0 Å². The lowest BCUT2D eigenvalue weighted by Crippen LogP contribution is -2.00. The summed E-state index contributed by atoms with van der Waals surface area (Å²) in [6, 6.07) is 23.2. The van der Waals surface area contributed by atoms with Crippen molar-refractivity contribution in [1.82, 2.24) is 4.98 Å². The summed E-state index contributed by atoms with van der Waals surface area (Å²) in [5.41, 5.74) is 6.75. The molecule has 0 saturated heterocycles. The first-order valence-corrected chi connectivity index (χ1v) is 11.1. The molecule has 0 atom stereocenters. The van der Waals surface area contributed by atoms with E-state index in [1.54, 1.807) is 6.07 Å². The van der Waals surface area contributed by atoms with Crippen molar-refractivity contribution >= 4 is 33.2 Å². The molecule has 5 heteroatoms. The van der Waals surface area contributed by atoms with Crippen molar-refractivity contribution < 1.29 is 9.15 Å². The lowest BCUT2D eigenvalue weighted by Gasteiger charge is -2.15. The number of nitrogens with one attached hydrogen (secondary N) is 1. The first kappa shape index (κ1) is 19.6. The molecule has 0 unspecified atom stereocenters. The molecule has 0 saturated carbocycles. The number of pyridine rings is 1. The van der Waals surface area contributed by atoms with Crippen molar-refractivity contribution in [1.29, 1.82) is 0 Å². The van der Waals surface area contributed by atoms with E-state index in [4.69, 9.17) is 14.1 Å². The third-order valence-corrected chi connectivity index (χ3v) is 6.20. The van der Waals surface area contributed by atoms with Crippen LogP contribution in [-0.4, -0.2) is 4.98 Å². The van der Waals surface area contributed by atoms with Gasteiger partial charge < -0.3 is 14.5 Å². The first-order valence-electron chi connectivity index (χ1n) is 11.1. The van der Waals surface area contributed by atoms with E-state index in [0.29, 0.717) is 17.1 Å². The summed E-state index contributed by atoms with van der Waals surface area (Å²) in [5, 5.41) is 5.68. The number of para-hydroxylation sites is 1. The molecule has 5 nitrogen and oxygen atoms in total. The Bertz CT molecular complexity index is 1570. The van der Waals surface area contributed by atoms with E-state index in [-0.39, 0.29) is 5.63 Å². The predicted molar refractivity (Wildman–Crippen MR) is 131 cm³/mol. The number of aromatic nitrogens is 1. The average Bonchev–Trinajstić information content (AvgIpc) is 3.28. The quantitative estimate of drug-likeness (QED) is 0.320. The predicted octanol–water partition coefficient (Wildman–Crippen LogP) is 6.67. The number of hydrogen-bond acceptors (Lipinski definition) is 5. The minimum Gasteiger partial charge on any atom is -0.457 e. The van der Waals surface area contributed by atoms with Gasteiger partial charge in [-0.1, -0.05) is 18.2 Å². The molecule has 162 valence electrons. The van der Waals surface area contributed by atoms with Crippen LogP contribution in [0.4, 0.5) is 11.4 Å². The summed E-state index contributed by atoms with van der Waals surface area (Å²) >= 11 is 0. The van der Waals surface area contributed by atoms with Crippen LogP contribution in [0.25, 0.3) is 21.9 Å². The van der Waals surface area contributed by atoms with Crippen LogP contribution in [0.5, 0.6) is 11.5 Å². The van der Waals surface area contributed by atoms with Crippen LogP contribution in [0.3, 0.4) is 0 Å². The molecule has 0 aliphatic heterocycles. The van der Waals surface area contributed by atoms with Crippen LogP contribution in [0, 0.1) is 6.92 Å². The van der Waals surface area contributed by atoms with E-state index < -0.39 is 0 Å². The number of nitrogens with zero attached hydrogens (tertiary/aromatic N) is 1. The molecule has 33 heavy (non-hydrogen) atoms. The SMILES string of the molecule is Cc1cc(=O)oc2cc(Oc3ccc(Nc4c5c(nc6ccccc46)CCC5)cc3)ccc12. The molecule has 1 aliphatic rings. The largest absolute Gasteiger partial charge is 0.457 e. The van der Waals surface area contributed by atoms with Gasteiger partial charge in [-0.3, -0.25) is 4.98 Å². The fourth-order valence-corrected chi connectivity index (χ4v) is 4.61. The summed E-state index contributed by atoms with van der Waals surface area (Å²) in [6.07, 6.45) is 3.23. The Hall–Kier alpha value is -4.12. The fraction of sp³-hybridized carbons (Fsp3) is 0.143. The zero-order valence-corrected chi connectivity index (χ0v) is 18.2. The summed E-state index contributed by atoms with van der Waals surface area (Å²) in [7, 11) is 0. The second-order valence-corrected chi connectivity index (χ2v) is 8.44. The van der Waals surface area contributed by atoms with Gasteiger partial charge in [-0.2, -0.15) is 0 Å². The molecule has 5 aromatic rings. The highest BCUT2D eigenvalue weighted by Gasteiger charge is 2.19. The highest BCUT2D eigenvalue weighted by atomic mass is 16.5. The van der Waals surface area contributed by atoms with E-state index in [9.17, 15) is 4.79 Å². The number of ether oxygens (including phenoxy) is 1. The van der Waals surface area contributed by atoms with Gasteiger partial charge in [0.1, 0.15) is 17.1 Å². The Morgan fingerprint density at radius 1 is 0.909 bits per heavy atom. The van der Waals surface area contributed by atoms with Gasteiger partial charge in [0, 0.05) is 34.3 Å². The topological polar surface area (TPSA) is 64.4 Å². The van der Waals surface area contributed by atoms with Crippen LogP contribution < -0.4 is 15.7 Å². The van der Waals surface area contributed by atoms with Crippen LogP contribution in [0.15, 0.2) is 82.0 Å². The minimum absolute atomic E-state index is 0.359. The lowest BCUT2D eigenvalue weighted by molar-refractivity contribution is 0.480. The number of fused-ring (bicyclic) bond motifs is 3. The number of benzene rings is 3. The first-order chi connectivity index (χ1) is 16.1. The van der Waals surface area contributed by atoms with Crippen molar-refractivity contribution in [2.24, 2.45) is 0 Å². The zero-order valence-electron chi connectivity index (χ0n) is 18.2. The van der Waals surface area contributed by atoms with Gasteiger partial charge in [0.05, 0.1) is 11.2 Å². The zero-order chi connectivity index (χ0) is 22.4. The van der Waals surface area contributed by atoms with Crippen LogP contribution in [-0.2, 0) is 12.8 Å². The van der Waals surface area contributed by atoms with E-state index >= 15 is 0 Å². The second-order valence-electron chi connectivity index (χ2n) is 8.44. The molecule has 6 rings (SSSR count). The number of anilines is 2. The van der Waals surface area contributed by atoms with E-state index in [0.717, 1.165) is 52.5 Å². The third kappa shape index (κ3) is 3.61. The van der Waals surface area contributed by atoms with Gasteiger partial charge in [-0.15, -0.1) is 0 Å². The highest BCUT2D eigenvalue weighted by molar-refractivity contribution is 5.95. The standard InChI is InChI=1S/C28H22N2O3/c1-17-15-27(31)33-26-16-20(13-14-21(17)26)32-19-11-9-18(10-12-19)29-28-22-5-2-3-7-24(22)30-25-8-4-6-23(25)28/h2-3,5,7,9-16H,4,6,8H2,1H3,(H,29,30). The molecule has 0 bridgehead atoms. The molecular weight excluding hydrogens is 412 g/mol. The molecule has 2 heterocycles. The summed E-state index contributed by atoms with van der Waals surface area (Å²) in [5.74, 6) is 1.33. The van der Waals surface area contributed by atoms with Gasteiger partial charge in [-0.05, 0) is 79.8 Å². The van der Waals surface area contributed by atoms with Crippen LogP contribution in [0.1, 0.15) is 23.2 Å². The fourth-order valence-electron chi connectivity index (χ4n) is 4.61. The van der Waals surface area contributed by atoms with Crippen molar-refractivity contribution in [2.75, 3.05) is 5.32 Å². The summed E-state index contributed by atoms with van der Waals surface area (Å²) in [4.78, 5) is 16.6. The van der Waals surface area contributed by atoms with Crippen LogP contribution >= 0.6 is 0 Å². The van der Waals surface area contributed by atoms with Crippen LogP contribution in [0.2, 0.25) is 0 Å². The van der Waals surface area contributed by atoms with E-state index in [1.807, 2.05) is 49.4 Å². The molecule has 1 N–H and O–H groups in total. The van der Waals surface area contributed by atoms with Crippen molar-refractivity contribution in [3.63, 3.8) is 0 Å². The maximum absolute atomic E-state index is 11.7. The average molecular weight is 434 g/mol. The van der Waals surface area contributed by atoms with Crippen molar-refractivity contribution in [2.45, 2.75) is 26.2 Å². The number of hydrogen-bond donors (Lipinski definition) is 1. The third-order valence-electron chi connectivity index (χ3n) is 6.20. The normalized spacial score (nSPS) is 12.8. The molecule has 1 aliphatic carbocycles. The van der Waals surface area contributed by atoms with Gasteiger partial charge in [-0.25, -0.2) is 4.79 Å². The Morgan fingerprint density at radius 2 is 1.73 bits per heavy atom. The minimum atomic E-state index is -0.359. The molecule has 0 amide bonds. The maximum atomic E-state index is 11.7. The van der Waals surface area contributed by atoms with Gasteiger partial charge in [0.25, 0.3) is 0 Å². The molecule has 0 fully saturated rings. The Balaban J connectivity index is 1.28. The number of rotatable bonds is 4. The summed E-state index contributed by atoms with van der Waals surface area (Å²) < 4.78 is 11.3. The molecule has 2 aromatic heterocycles. The van der Waals surface area contributed by atoms with E-state index in [2.05, 4.69) is 23.5 Å². The highest BCUT2D eigenvalue weighted by Crippen LogP contribution is 2.36. The number of aryl methyl sites for hydroxylation is 2. The monoisotopic (exact) mass is 434 g/mol. The Labute approximate surface area is 190 Å². The second kappa shape index (κ2) is 7.78. The van der Waals surface area contributed by atoms with Gasteiger partial charge >= 0.3 is 5.63 Å². The van der Waals surface area contributed by atoms with Gasteiger partial charge in [0.2, 0.25) is 0 Å². The lowest BCUT2D eigenvalue weighted by atomic mass is 10.1. The molecule has 3 aromatic carbocycles. The van der Waals surface area contributed by atoms with E-state index in [1.165, 1.54) is 17.3 Å². The summed E-state index contributed by atoms with van der Waals surface area (Å²) in [6.45, 7) is 1.90. The Morgan fingerprint density at radius 3 is 2.61 bits per heavy atom.